The van der Waals surface area contributed by atoms with Gasteiger partial charge in [-0.3, -0.25) is 4.99 Å². The van der Waals surface area contributed by atoms with E-state index in [-0.39, 0.29) is 29.4 Å². The van der Waals surface area contributed by atoms with Crippen molar-refractivity contribution >= 4 is 41.7 Å². The molecule has 0 unspecified atom stereocenters. The first-order chi connectivity index (χ1) is 14.6. The van der Waals surface area contributed by atoms with Gasteiger partial charge in [0.05, 0.1) is 7.11 Å². The molecule has 0 spiro atoms. The summed E-state index contributed by atoms with van der Waals surface area (Å²) < 4.78 is 11.0. The Labute approximate surface area is 208 Å². The van der Waals surface area contributed by atoms with E-state index in [9.17, 15) is 0 Å². The molecule has 0 saturated carbocycles. The number of guanidine groups is 1. The van der Waals surface area contributed by atoms with Crippen molar-refractivity contribution < 1.29 is 9.47 Å². The van der Waals surface area contributed by atoms with Gasteiger partial charge in [0.25, 0.3) is 0 Å². The van der Waals surface area contributed by atoms with E-state index in [1.165, 1.54) is 16.0 Å². The van der Waals surface area contributed by atoms with E-state index in [1.54, 1.807) is 18.9 Å². The highest BCUT2D eigenvalue weighted by molar-refractivity contribution is 14.0. The van der Waals surface area contributed by atoms with Gasteiger partial charge in [-0.1, -0.05) is 24.3 Å². The summed E-state index contributed by atoms with van der Waals surface area (Å²) >= 11 is 1.76. The summed E-state index contributed by atoms with van der Waals surface area (Å²) in [6.45, 7) is 3.20. The number of nitrogens with one attached hydrogen (secondary N) is 1. The van der Waals surface area contributed by atoms with E-state index in [2.05, 4.69) is 64.9 Å². The fourth-order valence-electron chi connectivity index (χ4n) is 3.99. The Balaban J connectivity index is 0.00000341. The smallest absolute Gasteiger partial charge is 0.193 e. The zero-order valence-electron chi connectivity index (χ0n) is 18.9. The lowest BCUT2D eigenvalue weighted by Crippen LogP contribution is -2.48. The molecule has 3 rings (SSSR count). The van der Waals surface area contributed by atoms with Crippen LogP contribution in [0.4, 0.5) is 0 Å². The van der Waals surface area contributed by atoms with Crippen LogP contribution in [0.15, 0.2) is 58.4 Å². The second kappa shape index (κ2) is 12.6. The van der Waals surface area contributed by atoms with Crippen LogP contribution < -0.4 is 10.1 Å². The van der Waals surface area contributed by atoms with E-state index < -0.39 is 0 Å². The average Bonchev–Trinajstić information content (AvgIpc) is 2.80. The van der Waals surface area contributed by atoms with Crippen molar-refractivity contribution in [1.82, 2.24) is 10.2 Å². The van der Waals surface area contributed by atoms with Gasteiger partial charge in [-0.2, -0.15) is 0 Å². The van der Waals surface area contributed by atoms with E-state index in [4.69, 9.17) is 9.47 Å². The lowest BCUT2D eigenvalue weighted by Gasteiger charge is -2.39. The van der Waals surface area contributed by atoms with Crippen molar-refractivity contribution in [2.75, 3.05) is 47.2 Å². The quantitative estimate of drug-likeness (QED) is 0.231. The number of nitrogens with zero attached hydrogens (tertiary/aromatic N) is 2. The van der Waals surface area contributed by atoms with Crippen molar-refractivity contribution in [2.24, 2.45) is 4.99 Å². The van der Waals surface area contributed by atoms with Crippen LogP contribution in [-0.2, 0) is 16.7 Å². The van der Waals surface area contributed by atoms with Gasteiger partial charge in [0.1, 0.15) is 5.75 Å². The molecule has 0 aliphatic carbocycles. The lowest BCUT2D eigenvalue weighted by atomic mass is 9.74. The van der Waals surface area contributed by atoms with Crippen LogP contribution >= 0.6 is 35.7 Å². The van der Waals surface area contributed by atoms with Gasteiger partial charge in [-0.25, -0.2) is 0 Å². The molecular weight excluding hydrogens is 521 g/mol. The molecule has 2 aromatic rings. The van der Waals surface area contributed by atoms with Crippen molar-refractivity contribution in [2.45, 2.75) is 29.7 Å². The van der Waals surface area contributed by atoms with Crippen molar-refractivity contribution in [3.8, 4) is 5.75 Å². The molecular formula is C24H34IN3O2S. The van der Waals surface area contributed by atoms with Crippen LogP contribution in [0.3, 0.4) is 0 Å². The third kappa shape index (κ3) is 6.76. The van der Waals surface area contributed by atoms with Crippen LogP contribution in [0, 0.1) is 0 Å². The summed E-state index contributed by atoms with van der Waals surface area (Å²) in [5.41, 5.74) is 2.63. The maximum atomic E-state index is 5.67. The number of benzene rings is 2. The molecule has 1 fully saturated rings. The SMILES string of the molecule is CN=C(NCC1(c2ccc(OC)cc2)CCOCC1)N(C)Cc1ccc(SC)cc1.I. The normalized spacial score (nSPS) is 15.7. The minimum atomic E-state index is 0. The summed E-state index contributed by atoms with van der Waals surface area (Å²) in [6.07, 6.45) is 4.08. The molecule has 0 aromatic heterocycles. The van der Waals surface area contributed by atoms with E-state index in [1.807, 2.05) is 19.2 Å². The number of halogens is 1. The van der Waals surface area contributed by atoms with Crippen LogP contribution in [0.2, 0.25) is 0 Å². The Bertz CT molecular complexity index is 822. The number of hydrogen-bond donors (Lipinski definition) is 1. The lowest BCUT2D eigenvalue weighted by molar-refractivity contribution is 0.0512. The van der Waals surface area contributed by atoms with Crippen LogP contribution in [0.5, 0.6) is 5.75 Å². The highest BCUT2D eigenvalue weighted by Crippen LogP contribution is 2.35. The molecule has 170 valence electrons. The van der Waals surface area contributed by atoms with Crippen LogP contribution in [0.25, 0.3) is 0 Å². The molecule has 0 bridgehead atoms. The third-order valence-electron chi connectivity index (χ3n) is 5.89. The van der Waals surface area contributed by atoms with E-state index >= 15 is 0 Å². The van der Waals surface area contributed by atoms with Gasteiger partial charge >= 0.3 is 0 Å². The molecule has 0 radical (unpaired) electrons. The van der Waals surface area contributed by atoms with Crippen molar-refractivity contribution in [3.63, 3.8) is 0 Å². The maximum Gasteiger partial charge on any atom is 0.193 e. The number of thioether (sulfide) groups is 1. The Hall–Kier alpha value is -1.45. The highest BCUT2D eigenvalue weighted by atomic mass is 127. The number of rotatable bonds is 7. The number of hydrogen-bond acceptors (Lipinski definition) is 4. The topological polar surface area (TPSA) is 46.1 Å². The predicted octanol–water partition coefficient (Wildman–Crippen LogP) is 4.79. The minimum absolute atomic E-state index is 0. The van der Waals surface area contributed by atoms with E-state index in [0.717, 1.165) is 50.9 Å². The predicted molar refractivity (Wildman–Crippen MR) is 141 cm³/mol. The summed E-state index contributed by atoms with van der Waals surface area (Å²) in [6, 6.07) is 17.2. The van der Waals surface area contributed by atoms with Crippen LogP contribution in [-0.4, -0.2) is 58.1 Å². The average molecular weight is 556 g/mol. The molecule has 31 heavy (non-hydrogen) atoms. The molecule has 1 N–H and O–H groups in total. The number of methoxy groups -OCH3 is 1. The van der Waals surface area contributed by atoms with Gasteiger partial charge in [0.15, 0.2) is 5.96 Å². The van der Waals surface area contributed by atoms with Gasteiger partial charge in [0.2, 0.25) is 0 Å². The third-order valence-corrected chi connectivity index (χ3v) is 6.63. The largest absolute Gasteiger partial charge is 0.497 e. The Morgan fingerprint density at radius 2 is 1.77 bits per heavy atom. The fourth-order valence-corrected chi connectivity index (χ4v) is 4.40. The van der Waals surface area contributed by atoms with Crippen LogP contribution in [0.1, 0.15) is 24.0 Å². The second-order valence-electron chi connectivity index (χ2n) is 7.73. The summed E-state index contributed by atoms with van der Waals surface area (Å²) in [5.74, 6) is 1.79. The monoisotopic (exact) mass is 555 g/mol. The Morgan fingerprint density at radius 3 is 2.32 bits per heavy atom. The zero-order valence-corrected chi connectivity index (χ0v) is 22.0. The van der Waals surface area contributed by atoms with Crippen molar-refractivity contribution in [1.29, 1.82) is 0 Å². The fraction of sp³-hybridized carbons (Fsp3) is 0.458. The Morgan fingerprint density at radius 1 is 1.13 bits per heavy atom. The van der Waals surface area contributed by atoms with Gasteiger partial charge < -0.3 is 19.7 Å². The molecule has 5 nitrogen and oxygen atoms in total. The molecule has 1 aliphatic heterocycles. The molecule has 1 saturated heterocycles. The van der Waals surface area contributed by atoms with E-state index in [0.29, 0.717) is 0 Å². The number of aliphatic imine (C=N–C) groups is 1. The molecule has 0 atom stereocenters. The highest BCUT2D eigenvalue weighted by Gasteiger charge is 2.35. The molecule has 2 aromatic carbocycles. The summed E-state index contributed by atoms with van der Waals surface area (Å²) in [4.78, 5) is 7.99. The first-order valence-corrected chi connectivity index (χ1v) is 11.6. The molecule has 1 aliphatic rings. The maximum absolute atomic E-state index is 5.67. The van der Waals surface area contributed by atoms with Crippen molar-refractivity contribution in [3.05, 3.63) is 59.7 Å². The standard InChI is InChI=1S/C24H33N3O2S.HI/c1-25-23(27(2)17-19-5-11-22(30-4)12-6-19)26-18-24(13-15-29-16-14-24)20-7-9-21(28-3)10-8-20;/h5-12H,13-18H2,1-4H3,(H,25,26);1H. The summed E-state index contributed by atoms with van der Waals surface area (Å²) in [5, 5.41) is 3.63. The first-order valence-electron chi connectivity index (χ1n) is 10.4. The molecule has 7 heteroatoms. The van der Waals surface area contributed by atoms with Gasteiger partial charge in [0, 0.05) is 50.7 Å². The first kappa shape index (κ1) is 25.8. The second-order valence-corrected chi connectivity index (χ2v) is 8.61. The Kier molecular flexibility index (Phi) is 10.4. The summed E-state index contributed by atoms with van der Waals surface area (Å²) in [7, 11) is 5.64. The van der Waals surface area contributed by atoms with Gasteiger partial charge in [-0.15, -0.1) is 35.7 Å². The molecule has 1 heterocycles. The van der Waals surface area contributed by atoms with Gasteiger partial charge in [-0.05, 0) is 54.5 Å². The molecule has 0 amide bonds. The minimum Gasteiger partial charge on any atom is -0.497 e. The number of ether oxygens (including phenoxy) is 2. The zero-order chi connectivity index (χ0) is 21.4.